The molecule has 0 aromatic heterocycles. The van der Waals surface area contributed by atoms with Crippen LogP contribution in [0.2, 0.25) is 0 Å². The summed E-state index contributed by atoms with van der Waals surface area (Å²) in [6, 6.07) is 10.8. The van der Waals surface area contributed by atoms with Gasteiger partial charge >= 0.3 is 0 Å². The van der Waals surface area contributed by atoms with Crippen molar-refractivity contribution in [1.82, 2.24) is 10.2 Å². The molecule has 2 heterocycles. The van der Waals surface area contributed by atoms with Crippen LogP contribution in [0, 0.1) is 5.92 Å². The Balaban J connectivity index is 1.46. The van der Waals surface area contributed by atoms with E-state index in [4.69, 9.17) is 0 Å². The van der Waals surface area contributed by atoms with Gasteiger partial charge in [0.2, 0.25) is 0 Å². The summed E-state index contributed by atoms with van der Waals surface area (Å²) in [4.78, 5) is 5.18. The van der Waals surface area contributed by atoms with Crippen LogP contribution in [0.4, 0.5) is 5.69 Å². The van der Waals surface area contributed by atoms with Gasteiger partial charge in [-0.3, -0.25) is 4.90 Å². The molecule has 1 aromatic rings. The molecule has 2 fully saturated rings. The summed E-state index contributed by atoms with van der Waals surface area (Å²) in [6.07, 6.45) is 4.17. The summed E-state index contributed by atoms with van der Waals surface area (Å²) in [7, 11) is 0. The maximum Gasteiger partial charge on any atom is 0.0367 e. The van der Waals surface area contributed by atoms with Crippen LogP contribution < -0.4 is 10.2 Å². The van der Waals surface area contributed by atoms with E-state index in [2.05, 4.69) is 45.4 Å². The molecule has 0 bridgehead atoms. The van der Waals surface area contributed by atoms with Crippen molar-refractivity contribution in [3.63, 3.8) is 0 Å². The van der Waals surface area contributed by atoms with E-state index in [1.165, 1.54) is 70.8 Å². The van der Waals surface area contributed by atoms with E-state index in [1.807, 2.05) is 0 Å². The summed E-state index contributed by atoms with van der Waals surface area (Å²) < 4.78 is 0. The maximum atomic E-state index is 3.58. The lowest BCUT2D eigenvalue weighted by Gasteiger charge is -2.37. The van der Waals surface area contributed by atoms with E-state index in [0.717, 1.165) is 5.92 Å². The summed E-state index contributed by atoms with van der Waals surface area (Å²) in [5.74, 6) is 0.862. The van der Waals surface area contributed by atoms with Crippen LogP contribution in [0.1, 0.15) is 19.3 Å². The van der Waals surface area contributed by atoms with Crippen LogP contribution in [-0.4, -0.2) is 50.7 Å². The van der Waals surface area contributed by atoms with Crippen molar-refractivity contribution in [1.29, 1.82) is 0 Å². The molecule has 2 aliphatic heterocycles. The molecule has 110 valence electrons. The Hall–Kier alpha value is -1.06. The molecule has 3 nitrogen and oxygen atoms in total. The van der Waals surface area contributed by atoms with Crippen molar-refractivity contribution in [2.45, 2.75) is 19.3 Å². The highest BCUT2D eigenvalue weighted by molar-refractivity contribution is 5.46. The standard InChI is InChI=1S/C17H27N3/c1-2-7-17(8-3-1)20-12-10-19(11-13-20)15-16-6-4-5-9-18-14-16/h1-3,7-8,16,18H,4-6,9-15H2. The van der Waals surface area contributed by atoms with Crippen LogP contribution in [-0.2, 0) is 0 Å². The molecule has 2 saturated heterocycles. The minimum Gasteiger partial charge on any atom is -0.369 e. The fourth-order valence-electron chi connectivity index (χ4n) is 3.44. The van der Waals surface area contributed by atoms with Gasteiger partial charge in [0.1, 0.15) is 0 Å². The number of anilines is 1. The van der Waals surface area contributed by atoms with Gasteiger partial charge in [-0.25, -0.2) is 0 Å². The molecule has 3 rings (SSSR count). The number of piperazine rings is 1. The number of hydrogen-bond donors (Lipinski definition) is 1. The van der Waals surface area contributed by atoms with Gasteiger partial charge in [-0.1, -0.05) is 24.6 Å². The second-order valence-corrected chi connectivity index (χ2v) is 6.19. The molecule has 1 N–H and O–H groups in total. The van der Waals surface area contributed by atoms with Gasteiger partial charge < -0.3 is 10.2 Å². The number of para-hydroxylation sites is 1. The molecule has 2 aliphatic rings. The SMILES string of the molecule is c1ccc(N2CCN(CC3CCCCNC3)CC2)cc1. The highest BCUT2D eigenvalue weighted by Gasteiger charge is 2.20. The van der Waals surface area contributed by atoms with Crippen molar-refractivity contribution in [2.24, 2.45) is 5.92 Å². The topological polar surface area (TPSA) is 18.5 Å². The van der Waals surface area contributed by atoms with Gasteiger partial charge in [-0.05, 0) is 44.0 Å². The third-order valence-electron chi connectivity index (χ3n) is 4.66. The summed E-state index contributed by atoms with van der Waals surface area (Å²) in [5, 5.41) is 3.58. The Labute approximate surface area is 123 Å². The van der Waals surface area contributed by atoms with Crippen molar-refractivity contribution in [3.8, 4) is 0 Å². The summed E-state index contributed by atoms with van der Waals surface area (Å²) in [6.45, 7) is 8.50. The van der Waals surface area contributed by atoms with Crippen molar-refractivity contribution < 1.29 is 0 Å². The molecule has 0 amide bonds. The highest BCUT2D eigenvalue weighted by atomic mass is 15.3. The van der Waals surface area contributed by atoms with E-state index < -0.39 is 0 Å². The fraction of sp³-hybridized carbons (Fsp3) is 0.647. The van der Waals surface area contributed by atoms with E-state index >= 15 is 0 Å². The number of nitrogens with one attached hydrogen (secondary N) is 1. The summed E-state index contributed by atoms with van der Waals surface area (Å²) in [5.41, 5.74) is 1.38. The van der Waals surface area contributed by atoms with Gasteiger partial charge in [0, 0.05) is 38.4 Å². The van der Waals surface area contributed by atoms with Gasteiger partial charge in [-0.2, -0.15) is 0 Å². The van der Waals surface area contributed by atoms with Crippen LogP contribution in [0.15, 0.2) is 30.3 Å². The Morgan fingerprint density at radius 3 is 2.60 bits per heavy atom. The molecular formula is C17H27N3. The summed E-state index contributed by atoms with van der Waals surface area (Å²) >= 11 is 0. The Bertz CT molecular complexity index is 376. The van der Waals surface area contributed by atoms with Crippen LogP contribution in [0.5, 0.6) is 0 Å². The molecule has 0 spiro atoms. The first-order valence-electron chi connectivity index (χ1n) is 8.15. The van der Waals surface area contributed by atoms with Crippen molar-refractivity contribution >= 4 is 5.69 Å². The van der Waals surface area contributed by atoms with E-state index in [0.29, 0.717) is 0 Å². The van der Waals surface area contributed by atoms with Crippen LogP contribution in [0.3, 0.4) is 0 Å². The van der Waals surface area contributed by atoms with E-state index in [9.17, 15) is 0 Å². The third kappa shape index (κ3) is 3.74. The first kappa shape index (κ1) is 13.9. The Morgan fingerprint density at radius 1 is 1.00 bits per heavy atom. The molecule has 1 unspecified atom stereocenters. The molecule has 1 aromatic carbocycles. The van der Waals surface area contributed by atoms with Crippen molar-refractivity contribution in [3.05, 3.63) is 30.3 Å². The first-order valence-corrected chi connectivity index (χ1v) is 8.15. The number of rotatable bonds is 3. The number of benzene rings is 1. The zero-order valence-electron chi connectivity index (χ0n) is 12.4. The zero-order valence-corrected chi connectivity index (χ0v) is 12.4. The molecule has 0 saturated carbocycles. The second-order valence-electron chi connectivity index (χ2n) is 6.19. The monoisotopic (exact) mass is 273 g/mol. The number of nitrogens with zero attached hydrogens (tertiary/aromatic N) is 2. The lowest BCUT2D eigenvalue weighted by Crippen LogP contribution is -2.48. The molecule has 20 heavy (non-hydrogen) atoms. The average molecular weight is 273 g/mol. The predicted octanol–water partition coefficient (Wildman–Crippen LogP) is 2.20. The minimum atomic E-state index is 0.862. The largest absolute Gasteiger partial charge is 0.369 e. The van der Waals surface area contributed by atoms with Crippen LogP contribution >= 0.6 is 0 Å². The normalized spacial score (nSPS) is 25.4. The lowest BCUT2D eigenvalue weighted by atomic mass is 10.0. The third-order valence-corrected chi connectivity index (χ3v) is 4.66. The second kappa shape index (κ2) is 7.09. The van der Waals surface area contributed by atoms with E-state index in [1.54, 1.807) is 0 Å². The van der Waals surface area contributed by atoms with Gasteiger partial charge in [0.25, 0.3) is 0 Å². The molecule has 3 heteroatoms. The molecule has 0 radical (unpaired) electrons. The highest BCUT2D eigenvalue weighted by Crippen LogP contribution is 2.18. The smallest absolute Gasteiger partial charge is 0.0367 e. The van der Waals surface area contributed by atoms with Gasteiger partial charge in [0.05, 0.1) is 0 Å². The predicted molar refractivity (Wildman–Crippen MR) is 85.3 cm³/mol. The fourth-order valence-corrected chi connectivity index (χ4v) is 3.44. The number of hydrogen-bond acceptors (Lipinski definition) is 3. The maximum absolute atomic E-state index is 3.58. The molecule has 1 atom stereocenters. The van der Waals surface area contributed by atoms with E-state index in [-0.39, 0.29) is 0 Å². The Kier molecular flexibility index (Phi) is 4.93. The van der Waals surface area contributed by atoms with Gasteiger partial charge in [0.15, 0.2) is 0 Å². The van der Waals surface area contributed by atoms with Crippen LogP contribution in [0.25, 0.3) is 0 Å². The lowest BCUT2D eigenvalue weighted by molar-refractivity contribution is 0.213. The first-order chi connectivity index (χ1) is 9.92. The Morgan fingerprint density at radius 2 is 1.80 bits per heavy atom. The average Bonchev–Trinajstić information content (AvgIpc) is 2.78. The molecular weight excluding hydrogens is 246 g/mol. The van der Waals surface area contributed by atoms with Gasteiger partial charge in [-0.15, -0.1) is 0 Å². The minimum absolute atomic E-state index is 0.862. The van der Waals surface area contributed by atoms with Crippen molar-refractivity contribution in [2.75, 3.05) is 50.7 Å². The quantitative estimate of drug-likeness (QED) is 0.911. The zero-order chi connectivity index (χ0) is 13.6. The molecule has 0 aliphatic carbocycles.